The summed E-state index contributed by atoms with van der Waals surface area (Å²) in [6, 6.07) is 5.51. The molecular weight excluding hydrogens is 242 g/mol. The van der Waals surface area contributed by atoms with Crippen LogP contribution in [0.5, 0.6) is 0 Å². The minimum Gasteiger partial charge on any atom is -0.443 e. The fourth-order valence-corrected chi connectivity index (χ4v) is 2.40. The molecule has 0 unspecified atom stereocenters. The van der Waals surface area contributed by atoms with Gasteiger partial charge in [0.25, 0.3) is 0 Å². The number of aromatic nitrogens is 1. The van der Waals surface area contributed by atoms with Crippen LogP contribution in [0.4, 0.5) is 0 Å². The number of piperazine rings is 1. The van der Waals surface area contributed by atoms with Gasteiger partial charge in [-0.1, -0.05) is 6.07 Å². The number of oxazole rings is 1. The lowest BCUT2D eigenvalue weighted by Gasteiger charge is -2.31. The van der Waals surface area contributed by atoms with Crippen LogP contribution in [0.1, 0.15) is 10.4 Å². The number of carbonyl (C=O) groups is 1. The van der Waals surface area contributed by atoms with Crippen molar-refractivity contribution in [1.82, 2.24) is 14.8 Å². The summed E-state index contributed by atoms with van der Waals surface area (Å²) in [5.41, 5.74) is 1.97. The number of Topliss-reactive ketones (excluding diaryl/α,β-unsaturated/α-hetero) is 1. The number of hydrogen-bond acceptors (Lipinski definition) is 5. The zero-order valence-electron chi connectivity index (χ0n) is 11.0. The standard InChI is InChI=1S/C14H17N3O2/c1-16-5-7-17(8-6-16)9-13(18)11-3-2-4-12-14(11)19-10-15-12/h2-4,10H,5-9H2,1H3. The number of carbonyl (C=O) groups excluding carboxylic acids is 1. The zero-order chi connectivity index (χ0) is 13.2. The smallest absolute Gasteiger partial charge is 0.182 e. The minimum absolute atomic E-state index is 0.104. The van der Waals surface area contributed by atoms with Crippen LogP contribution in [0.15, 0.2) is 29.0 Å². The SMILES string of the molecule is CN1CCN(CC(=O)c2cccc3ncoc23)CC1. The summed E-state index contributed by atoms with van der Waals surface area (Å²) in [5, 5.41) is 0. The van der Waals surface area contributed by atoms with Crippen LogP contribution in [0.3, 0.4) is 0 Å². The maximum atomic E-state index is 12.4. The van der Waals surface area contributed by atoms with Crippen LogP contribution < -0.4 is 0 Å². The van der Waals surface area contributed by atoms with Gasteiger partial charge in [-0.05, 0) is 19.2 Å². The van der Waals surface area contributed by atoms with Crippen molar-refractivity contribution in [2.75, 3.05) is 39.8 Å². The highest BCUT2D eigenvalue weighted by molar-refractivity contribution is 6.06. The number of ketones is 1. The number of fused-ring (bicyclic) bond motifs is 1. The summed E-state index contributed by atoms with van der Waals surface area (Å²) in [5.74, 6) is 0.104. The van der Waals surface area contributed by atoms with Gasteiger partial charge in [0, 0.05) is 26.2 Å². The van der Waals surface area contributed by atoms with Crippen molar-refractivity contribution in [2.24, 2.45) is 0 Å². The Kier molecular flexibility index (Phi) is 3.31. The summed E-state index contributed by atoms with van der Waals surface area (Å²) in [6.45, 7) is 4.36. The van der Waals surface area contributed by atoms with Crippen molar-refractivity contribution < 1.29 is 9.21 Å². The molecule has 19 heavy (non-hydrogen) atoms. The van der Waals surface area contributed by atoms with E-state index in [-0.39, 0.29) is 5.78 Å². The maximum absolute atomic E-state index is 12.4. The van der Waals surface area contributed by atoms with Crippen molar-refractivity contribution >= 4 is 16.9 Å². The van der Waals surface area contributed by atoms with Crippen LogP contribution in [0.2, 0.25) is 0 Å². The van der Waals surface area contributed by atoms with E-state index in [2.05, 4.69) is 21.8 Å². The second-order valence-corrected chi connectivity index (χ2v) is 5.01. The quantitative estimate of drug-likeness (QED) is 0.777. The summed E-state index contributed by atoms with van der Waals surface area (Å²) >= 11 is 0. The third-order valence-corrected chi connectivity index (χ3v) is 3.62. The highest BCUT2D eigenvalue weighted by atomic mass is 16.3. The van der Waals surface area contributed by atoms with E-state index in [0.29, 0.717) is 17.7 Å². The number of hydrogen-bond donors (Lipinski definition) is 0. The minimum atomic E-state index is 0.104. The molecule has 1 saturated heterocycles. The van der Waals surface area contributed by atoms with E-state index in [1.54, 1.807) is 0 Å². The number of likely N-dealkylation sites (N-methyl/N-ethyl adjacent to an activating group) is 1. The second-order valence-electron chi connectivity index (χ2n) is 5.01. The van der Waals surface area contributed by atoms with Crippen LogP contribution in [0, 0.1) is 0 Å². The van der Waals surface area contributed by atoms with Gasteiger partial charge in [-0.15, -0.1) is 0 Å². The third kappa shape index (κ3) is 2.52. The number of rotatable bonds is 3. The monoisotopic (exact) mass is 259 g/mol. The Morgan fingerprint density at radius 3 is 2.89 bits per heavy atom. The third-order valence-electron chi connectivity index (χ3n) is 3.62. The number of nitrogens with zero attached hydrogens (tertiary/aromatic N) is 3. The fourth-order valence-electron chi connectivity index (χ4n) is 2.40. The highest BCUT2D eigenvalue weighted by Crippen LogP contribution is 2.18. The molecule has 0 saturated carbocycles. The Morgan fingerprint density at radius 1 is 1.32 bits per heavy atom. The van der Waals surface area contributed by atoms with Gasteiger partial charge < -0.3 is 9.32 Å². The van der Waals surface area contributed by atoms with Crippen molar-refractivity contribution in [3.63, 3.8) is 0 Å². The molecule has 1 fully saturated rings. The predicted octanol–water partition coefficient (Wildman–Crippen LogP) is 1.26. The van der Waals surface area contributed by atoms with E-state index in [1.165, 1.54) is 6.39 Å². The molecule has 0 spiro atoms. The largest absolute Gasteiger partial charge is 0.443 e. The van der Waals surface area contributed by atoms with Crippen LogP contribution in [0.25, 0.3) is 11.1 Å². The Balaban J connectivity index is 1.75. The van der Waals surface area contributed by atoms with Gasteiger partial charge in [0.2, 0.25) is 0 Å². The van der Waals surface area contributed by atoms with Gasteiger partial charge in [0.1, 0.15) is 5.52 Å². The van der Waals surface area contributed by atoms with E-state index in [0.717, 1.165) is 31.7 Å². The predicted molar refractivity (Wildman–Crippen MR) is 72.3 cm³/mol. The fraction of sp³-hybridized carbons (Fsp3) is 0.429. The number of para-hydroxylation sites is 1. The van der Waals surface area contributed by atoms with Crippen molar-refractivity contribution in [2.45, 2.75) is 0 Å². The molecule has 0 atom stereocenters. The topological polar surface area (TPSA) is 49.6 Å². The van der Waals surface area contributed by atoms with E-state index in [4.69, 9.17) is 4.42 Å². The summed E-state index contributed by atoms with van der Waals surface area (Å²) in [7, 11) is 2.11. The molecule has 2 heterocycles. The van der Waals surface area contributed by atoms with Crippen LogP contribution in [-0.4, -0.2) is 60.3 Å². The molecule has 1 aromatic heterocycles. The molecule has 0 N–H and O–H groups in total. The molecule has 1 aliphatic heterocycles. The van der Waals surface area contributed by atoms with E-state index < -0.39 is 0 Å². The van der Waals surface area contributed by atoms with E-state index in [9.17, 15) is 4.79 Å². The normalized spacial score (nSPS) is 17.9. The average Bonchev–Trinajstić information content (AvgIpc) is 2.89. The first kappa shape index (κ1) is 12.3. The number of benzene rings is 1. The molecule has 5 heteroatoms. The average molecular weight is 259 g/mol. The van der Waals surface area contributed by atoms with E-state index >= 15 is 0 Å². The van der Waals surface area contributed by atoms with Crippen LogP contribution >= 0.6 is 0 Å². The first-order valence-corrected chi connectivity index (χ1v) is 6.50. The van der Waals surface area contributed by atoms with Crippen LogP contribution in [-0.2, 0) is 0 Å². The lowest BCUT2D eigenvalue weighted by atomic mass is 10.1. The zero-order valence-corrected chi connectivity index (χ0v) is 11.0. The summed E-state index contributed by atoms with van der Waals surface area (Å²) in [4.78, 5) is 20.9. The molecular formula is C14H17N3O2. The van der Waals surface area contributed by atoms with E-state index in [1.807, 2.05) is 18.2 Å². The summed E-state index contributed by atoms with van der Waals surface area (Å²) in [6.07, 6.45) is 1.39. The van der Waals surface area contributed by atoms with Gasteiger partial charge in [-0.2, -0.15) is 0 Å². The molecule has 0 radical (unpaired) electrons. The first-order chi connectivity index (χ1) is 9.24. The highest BCUT2D eigenvalue weighted by Gasteiger charge is 2.19. The van der Waals surface area contributed by atoms with Gasteiger partial charge in [-0.3, -0.25) is 9.69 Å². The lowest BCUT2D eigenvalue weighted by Crippen LogP contribution is -2.46. The molecule has 3 rings (SSSR count). The summed E-state index contributed by atoms with van der Waals surface area (Å²) < 4.78 is 5.32. The van der Waals surface area contributed by atoms with Gasteiger partial charge >= 0.3 is 0 Å². The lowest BCUT2D eigenvalue weighted by molar-refractivity contribution is 0.0877. The van der Waals surface area contributed by atoms with Crippen molar-refractivity contribution in [3.05, 3.63) is 30.2 Å². The first-order valence-electron chi connectivity index (χ1n) is 6.50. The molecule has 100 valence electrons. The second kappa shape index (κ2) is 5.11. The molecule has 0 amide bonds. The molecule has 5 nitrogen and oxygen atoms in total. The Labute approximate surface area is 111 Å². The van der Waals surface area contributed by atoms with Gasteiger partial charge in [0.05, 0.1) is 12.1 Å². The Morgan fingerprint density at radius 2 is 2.11 bits per heavy atom. The Bertz CT molecular complexity index is 585. The van der Waals surface area contributed by atoms with Crippen molar-refractivity contribution in [3.8, 4) is 0 Å². The molecule has 2 aromatic rings. The van der Waals surface area contributed by atoms with Crippen molar-refractivity contribution in [1.29, 1.82) is 0 Å². The Hall–Kier alpha value is -1.72. The van der Waals surface area contributed by atoms with Gasteiger partial charge in [-0.25, -0.2) is 4.98 Å². The molecule has 1 aliphatic rings. The maximum Gasteiger partial charge on any atom is 0.182 e. The van der Waals surface area contributed by atoms with Gasteiger partial charge in [0.15, 0.2) is 17.8 Å². The molecule has 1 aromatic carbocycles. The molecule has 0 bridgehead atoms. The molecule has 0 aliphatic carbocycles.